The average molecular weight is 320 g/mol. The Morgan fingerprint density at radius 1 is 1.29 bits per heavy atom. The summed E-state index contributed by atoms with van der Waals surface area (Å²) in [4.78, 5) is 10.7. The third-order valence-corrected chi connectivity index (χ3v) is 5.77. The fourth-order valence-electron chi connectivity index (χ4n) is 2.97. The van der Waals surface area contributed by atoms with Crippen molar-refractivity contribution in [2.75, 3.05) is 5.32 Å². The molecule has 2 heterocycles. The van der Waals surface area contributed by atoms with Gasteiger partial charge in [-0.25, -0.2) is 9.97 Å². The third kappa shape index (κ3) is 2.55. The van der Waals surface area contributed by atoms with Crippen LogP contribution in [0.2, 0.25) is 5.15 Å². The second kappa shape index (κ2) is 5.25. The van der Waals surface area contributed by atoms with Crippen molar-refractivity contribution >= 4 is 28.8 Å². The summed E-state index contributed by atoms with van der Waals surface area (Å²) in [6.07, 6.45) is 5.98. The van der Waals surface area contributed by atoms with E-state index < -0.39 is 0 Å². The third-order valence-electron chi connectivity index (χ3n) is 4.41. The first-order valence-electron chi connectivity index (χ1n) is 7.59. The molecular formula is C16H18ClN3S. The predicted octanol–water partition coefficient (Wildman–Crippen LogP) is 4.87. The van der Waals surface area contributed by atoms with Crippen LogP contribution in [-0.4, -0.2) is 9.97 Å². The Morgan fingerprint density at radius 2 is 2.14 bits per heavy atom. The maximum Gasteiger partial charge on any atom is 0.137 e. The van der Waals surface area contributed by atoms with Crippen LogP contribution in [-0.2, 0) is 6.42 Å². The van der Waals surface area contributed by atoms with Crippen molar-refractivity contribution in [2.24, 2.45) is 0 Å². The lowest BCUT2D eigenvalue weighted by Crippen LogP contribution is -2.17. The van der Waals surface area contributed by atoms with Gasteiger partial charge < -0.3 is 5.32 Å². The minimum Gasteiger partial charge on any atom is -0.363 e. The van der Waals surface area contributed by atoms with Crippen LogP contribution in [0.4, 0.5) is 5.82 Å². The Labute approximate surface area is 133 Å². The highest BCUT2D eigenvalue weighted by atomic mass is 35.5. The van der Waals surface area contributed by atoms with Gasteiger partial charge in [-0.05, 0) is 56.0 Å². The zero-order chi connectivity index (χ0) is 14.4. The highest BCUT2D eigenvalue weighted by Gasteiger charge is 2.29. The Morgan fingerprint density at radius 3 is 2.95 bits per heavy atom. The molecule has 4 rings (SSSR count). The first-order chi connectivity index (χ1) is 10.2. The van der Waals surface area contributed by atoms with Gasteiger partial charge in [0.2, 0.25) is 0 Å². The molecular weight excluding hydrogens is 302 g/mol. The van der Waals surface area contributed by atoms with Gasteiger partial charge >= 0.3 is 0 Å². The molecule has 0 bridgehead atoms. The van der Waals surface area contributed by atoms with Crippen LogP contribution in [0.1, 0.15) is 59.5 Å². The van der Waals surface area contributed by atoms with Crippen LogP contribution in [0.5, 0.6) is 0 Å². The Balaban J connectivity index is 1.66. The number of aromatic nitrogens is 2. The number of anilines is 1. The zero-order valence-electron chi connectivity index (χ0n) is 12.0. The number of nitrogens with one attached hydrogen (secondary N) is 1. The summed E-state index contributed by atoms with van der Waals surface area (Å²) < 4.78 is 0. The van der Waals surface area contributed by atoms with E-state index in [9.17, 15) is 0 Å². The summed E-state index contributed by atoms with van der Waals surface area (Å²) in [5.74, 6) is 2.35. The number of halogens is 1. The van der Waals surface area contributed by atoms with Gasteiger partial charge in [-0.15, -0.1) is 11.3 Å². The number of rotatable bonds is 3. The van der Waals surface area contributed by atoms with E-state index in [2.05, 4.69) is 21.7 Å². The van der Waals surface area contributed by atoms with Crippen LogP contribution in [0.25, 0.3) is 0 Å². The number of fused-ring (bicyclic) bond motifs is 1. The lowest BCUT2D eigenvalue weighted by Gasteiger charge is -2.25. The molecule has 0 aromatic carbocycles. The molecule has 1 saturated carbocycles. The van der Waals surface area contributed by atoms with E-state index in [0.29, 0.717) is 17.1 Å². The zero-order valence-corrected chi connectivity index (χ0v) is 13.6. The van der Waals surface area contributed by atoms with Crippen molar-refractivity contribution in [3.63, 3.8) is 0 Å². The largest absolute Gasteiger partial charge is 0.363 e. The van der Waals surface area contributed by atoms with Crippen molar-refractivity contribution in [1.29, 1.82) is 0 Å². The molecule has 110 valence electrons. The summed E-state index contributed by atoms with van der Waals surface area (Å²) in [6.45, 7) is 2.00. The summed E-state index contributed by atoms with van der Waals surface area (Å²) in [7, 11) is 0. The van der Waals surface area contributed by atoms with E-state index in [1.165, 1.54) is 36.1 Å². The molecule has 0 spiro atoms. The van der Waals surface area contributed by atoms with E-state index in [1.54, 1.807) is 0 Å². The second-order valence-corrected chi connectivity index (χ2v) is 7.37. The summed E-state index contributed by atoms with van der Waals surface area (Å²) in [6, 6.07) is 2.60. The summed E-state index contributed by atoms with van der Waals surface area (Å²) in [5, 5.41) is 6.41. The topological polar surface area (TPSA) is 37.8 Å². The monoisotopic (exact) mass is 319 g/mol. The van der Waals surface area contributed by atoms with E-state index in [-0.39, 0.29) is 0 Å². The molecule has 2 aromatic rings. The molecule has 2 aliphatic carbocycles. The van der Waals surface area contributed by atoms with Crippen LogP contribution in [0, 0.1) is 6.92 Å². The normalized spacial score (nSPS) is 21.1. The van der Waals surface area contributed by atoms with Crippen molar-refractivity contribution in [1.82, 2.24) is 9.97 Å². The molecule has 0 radical (unpaired) electrons. The van der Waals surface area contributed by atoms with Crippen molar-refractivity contribution < 1.29 is 0 Å². The summed E-state index contributed by atoms with van der Waals surface area (Å²) >= 11 is 8.16. The van der Waals surface area contributed by atoms with E-state index in [4.69, 9.17) is 16.6 Å². The van der Waals surface area contributed by atoms with Crippen molar-refractivity contribution in [3.05, 3.63) is 38.4 Å². The first kappa shape index (κ1) is 13.5. The molecule has 3 nitrogen and oxygen atoms in total. The first-order valence-corrected chi connectivity index (χ1v) is 8.85. The van der Waals surface area contributed by atoms with Crippen molar-refractivity contribution in [3.8, 4) is 0 Å². The smallest absolute Gasteiger partial charge is 0.137 e. The van der Waals surface area contributed by atoms with E-state index >= 15 is 0 Å². The fraction of sp³-hybridized carbons (Fsp3) is 0.500. The maximum atomic E-state index is 6.30. The molecule has 0 aliphatic heterocycles. The number of nitrogens with zero attached hydrogens (tertiary/aromatic N) is 2. The van der Waals surface area contributed by atoms with Crippen LogP contribution in [0.3, 0.4) is 0 Å². The quantitative estimate of drug-likeness (QED) is 0.820. The number of hydrogen-bond donors (Lipinski definition) is 1. The van der Waals surface area contributed by atoms with Gasteiger partial charge in [-0.2, -0.15) is 0 Å². The Bertz CT molecular complexity index is 678. The molecule has 1 atom stereocenters. The van der Waals surface area contributed by atoms with E-state index in [1.807, 2.05) is 18.3 Å². The molecule has 1 fully saturated rings. The molecule has 0 saturated heterocycles. The highest BCUT2D eigenvalue weighted by molar-refractivity contribution is 7.10. The molecule has 1 unspecified atom stereocenters. The number of thiophene rings is 1. The van der Waals surface area contributed by atoms with Gasteiger partial charge in [0.25, 0.3) is 0 Å². The molecule has 2 aromatic heterocycles. The SMILES string of the molecule is Cc1c(Cl)nc(C2CC2)nc1NC1CCCc2sccc21. The summed E-state index contributed by atoms with van der Waals surface area (Å²) in [5.41, 5.74) is 2.40. The molecule has 1 N–H and O–H groups in total. The van der Waals surface area contributed by atoms with E-state index in [0.717, 1.165) is 23.6 Å². The Hall–Kier alpha value is -1.13. The number of aryl methyl sites for hydroxylation is 1. The van der Waals surface area contributed by atoms with Gasteiger partial charge in [0.1, 0.15) is 16.8 Å². The second-order valence-electron chi connectivity index (χ2n) is 6.01. The fourth-order valence-corrected chi connectivity index (χ4v) is 4.14. The number of hydrogen-bond acceptors (Lipinski definition) is 4. The average Bonchev–Trinajstić information content (AvgIpc) is 3.21. The van der Waals surface area contributed by atoms with Crippen LogP contribution < -0.4 is 5.32 Å². The van der Waals surface area contributed by atoms with Gasteiger partial charge in [0.15, 0.2) is 0 Å². The van der Waals surface area contributed by atoms with Crippen LogP contribution in [0.15, 0.2) is 11.4 Å². The lowest BCUT2D eigenvalue weighted by atomic mass is 9.94. The molecule has 2 aliphatic rings. The van der Waals surface area contributed by atoms with Crippen LogP contribution >= 0.6 is 22.9 Å². The molecule has 5 heteroatoms. The Kier molecular flexibility index (Phi) is 3.38. The van der Waals surface area contributed by atoms with Gasteiger partial charge in [-0.3, -0.25) is 0 Å². The molecule has 21 heavy (non-hydrogen) atoms. The maximum absolute atomic E-state index is 6.30. The minimum absolute atomic E-state index is 0.358. The standard InChI is InChI=1S/C16H18ClN3S/c1-9-14(17)19-16(10-5-6-10)20-15(9)18-12-3-2-4-13-11(12)7-8-21-13/h7-8,10,12H,2-6H2,1H3,(H,18,19,20). The lowest BCUT2D eigenvalue weighted by molar-refractivity contribution is 0.605. The highest BCUT2D eigenvalue weighted by Crippen LogP contribution is 2.41. The van der Waals surface area contributed by atoms with Gasteiger partial charge in [-0.1, -0.05) is 11.6 Å². The van der Waals surface area contributed by atoms with Crippen molar-refractivity contribution in [2.45, 2.75) is 51.0 Å². The van der Waals surface area contributed by atoms with Gasteiger partial charge in [0, 0.05) is 16.4 Å². The molecule has 0 amide bonds. The predicted molar refractivity (Wildman–Crippen MR) is 87.4 cm³/mol. The van der Waals surface area contributed by atoms with Gasteiger partial charge in [0.05, 0.1) is 6.04 Å². The minimum atomic E-state index is 0.358.